The van der Waals surface area contributed by atoms with E-state index in [0.29, 0.717) is 17.7 Å². The molecule has 0 spiro atoms. The summed E-state index contributed by atoms with van der Waals surface area (Å²) in [4.78, 5) is 50.9. The second-order valence-electron chi connectivity index (χ2n) is 5.91. The Labute approximate surface area is 158 Å². The van der Waals surface area contributed by atoms with Gasteiger partial charge in [0.15, 0.2) is 5.82 Å². The van der Waals surface area contributed by atoms with E-state index in [-0.39, 0.29) is 18.8 Å². The van der Waals surface area contributed by atoms with Gasteiger partial charge in [0.2, 0.25) is 5.91 Å². The van der Waals surface area contributed by atoms with Crippen molar-refractivity contribution in [2.24, 2.45) is 0 Å². The van der Waals surface area contributed by atoms with Crippen LogP contribution in [0.1, 0.15) is 37.2 Å². The van der Waals surface area contributed by atoms with Crippen LogP contribution in [-0.4, -0.2) is 49.2 Å². The first-order valence-electron chi connectivity index (χ1n) is 8.43. The summed E-state index contributed by atoms with van der Waals surface area (Å²) in [5.74, 6) is -1.87. The lowest BCUT2D eigenvalue weighted by atomic mass is 10.1. The smallest absolute Gasteiger partial charge is 0.305 e. The Bertz CT molecular complexity index is 907. The van der Waals surface area contributed by atoms with E-state index in [1.54, 1.807) is 13.8 Å². The van der Waals surface area contributed by atoms with Gasteiger partial charge >= 0.3 is 5.97 Å². The van der Waals surface area contributed by atoms with Crippen molar-refractivity contribution in [2.75, 3.05) is 5.32 Å². The highest BCUT2D eigenvalue weighted by atomic mass is 16.6. The number of carboxylic acids is 1. The highest BCUT2D eigenvalue weighted by Crippen LogP contribution is 2.11. The molecule has 0 aliphatic carbocycles. The molecule has 3 N–H and O–H groups in total. The summed E-state index contributed by atoms with van der Waals surface area (Å²) in [6.07, 6.45) is 2.73. The molecule has 1 amide bonds. The van der Waals surface area contributed by atoms with E-state index < -0.39 is 35.9 Å². The maximum atomic E-state index is 12.7. The Kier molecular flexibility index (Phi) is 6.96. The average Bonchev–Trinajstić information content (AvgIpc) is 3.06. The molecule has 0 radical (unpaired) electrons. The largest absolute Gasteiger partial charge is 0.481 e. The zero-order valence-electron chi connectivity index (χ0n) is 15.3. The molecule has 0 fully saturated rings. The molecule has 0 aromatic carbocycles. The van der Waals surface area contributed by atoms with E-state index in [1.807, 2.05) is 0 Å². The Hall–Kier alpha value is -3.57. The highest BCUT2D eigenvalue weighted by Gasteiger charge is 2.24. The van der Waals surface area contributed by atoms with Crippen molar-refractivity contribution in [1.29, 1.82) is 0 Å². The molecule has 12 heteroatoms. The van der Waals surface area contributed by atoms with Gasteiger partial charge in [0.25, 0.3) is 5.56 Å². The number of hydrogen-bond acceptors (Lipinski definition) is 9. The molecule has 150 valence electrons. The second kappa shape index (κ2) is 9.39. The first kappa shape index (κ1) is 20.7. The van der Waals surface area contributed by atoms with Crippen molar-refractivity contribution in [1.82, 2.24) is 25.2 Å². The molecule has 0 unspecified atom stereocenters. The van der Waals surface area contributed by atoms with Gasteiger partial charge in [-0.3, -0.25) is 19.0 Å². The number of aryl methyl sites for hydroxylation is 1. The maximum absolute atomic E-state index is 12.7. The molecule has 2 aromatic rings. The van der Waals surface area contributed by atoms with E-state index in [2.05, 4.69) is 30.6 Å². The molecular weight excluding hydrogens is 372 g/mol. The lowest BCUT2D eigenvalue weighted by Crippen LogP contribution is -2.43. The molecule has 0 bridgehead atoms. The monoisotopic (exact) mass is 392 g/mol. The van der Waals surface area contributed by atoms with Crippen LogP contribution in [0, 0.1) is 6.92 Å². The minimum absolute atomic E-state index is 0.00590. The van der Waals surface area contributed by atoms with E-state index in [9.17, 15) is 19.2 Å². The van der Waals surface area contributed by atoms with Crippen molar-refractivity contribution in [3.63, 3.8) is 0 Å². The van der Waals surface area contributed by atoms with E-state index in [1.165, 1.54) is 17.0 Å². The molecule has 0 aliphatic heterocycles. The Morgan fingerprint density at radius 3 is 2.71 bits per heavy atom. The van der Waals surface area contributed by atoms with Gasteiger partial charge in [0.1, 0.15) is 23.7 Å². The quantitative estimate of drug-likeness (QED) is 0.454. The van der Waals surface area contributed by atoms with Crippen molar-refractivity contribution in [3.8, 4) is 0 Å². The van der Waals surface area contributed by atoms with Gasteiger partial charge in [-0.25, -0.2) is 9.61 Å². The van der Waals surface area contributed by atoms with Crippen LogP contribution in [0.15, 0.2) is 21.8 Å². The highest BCUT2D eigenvalue weighted by molar-refractivity contribution is 5.85. The molecule has 0 saturated heterocycles. The van der Waals surface area contributed by atoms with Gasteiger partial charge in [0.05, 0.1) is 19.0 Å². The van der Waals surface area contributed by atoms with Crippen molar-refractivity contribution in [3.05, 3.63) is 34.1 Å². The number of aromatic nitrogens is 4. The molecule has 0 aliphatic rings. The van der Waals surface area contributed by atoms with E-state index in [0.717, 1.165) is 0 Å². The van der Waals surface area contributed by atoms with Crippen LogP contribution < -0.4 is 16.2 Å². The molecule has 0 saturated carbocycles. The minimum atomic E-state index is -1.23. The molecule has 12 nitrogen and oxygen atoms in total. The number of carbonyl (C=O) groups is 3. The third kappa shape index (κ3) is 4.99. The average molecular weight is 392 g/mol. The summed E-state index contributed by atoms with van der Waals surface area (Å²) in [5, 5.41) is 21.3. The Balaban J connectivity index is 2.18. The number of hydrogen-bond donors (Lipinski definition) is 3. The lowest BCUT2D eigenvalue weighted by Gasteiger charge is -2.20. The minimum Gasteiger partial charge on any atom is -0.481 e. The van der Waals surface area contributed by atoms with Crippen LogP contribution in [0.25, 0.3) is 0 Å². The fourth-order valence-corrected chi connectivity index (χ4v) is 2.48. The first-order valence-corrected chi connectivity index (χ1v) is 8.43. The third-order valence-electron chi connectivity index (χ3n) is 3.95. The number of anilines is 1. The zero-order chi connectivity index (χ0) is 20.7. The fourth-order valence-electron chi connectivity index (χ4n) is 2.48. The summed E-state index contributed by atoms with van der Waals surface area (Å²) < 4.78 is 5.75. The number of amides is 1. The van der Waals surface area contributed by atoms with Crippen LogP contribution in [-0.2, 0) is 20.9 Å². The Morgan fingerprint density at radius 1 is 1.39 bits per heavy atom. The summed E-state index contributed by atoms with van der Waals surface area (Å²) in [5.41, 5.74) is 0.510. The molecular formula is C16H20N6O6. The number of nitrogens with one attached hydrogen (secondary N) is 2. The van der Waals surface area contributed by atoms with Crippen molar-refractivity contribution < 1.29 is 24.1 Å². The predicted octanol–water partition coefficient (Wildman–Crippen LogP) is -0.344. The van der Waals surface area contributed by atoms with Gasteiger partial charge in [-0.2, -0.15) is 0 Å². The van der Waals surface area contributed by atoms with E-state index >= 15 is 0 Å². The normalized spacial score (nSPS) is 12.8. The molecule has 2 aromatic heterocycles. The van der Waals surface area contributed by atoms with Crippen LogP contribution in [0.4, 0.5) is 5.82 Å². The van der Waals surface area contributed by atoms with Crippen LogP contribution in [0.5, 0.6) is 0 Å². The molecule has 2 atom stereocenters. The molecule has 2 rings (SSSR count). The van der Waals surface area contributed by atoms with Crippen LogP contribution in [0.3, 0.4) is 0 Å². The number of rotatable bonds is 10. The number of carbonyl (C=O) groups excluding carboxylic acids is 2. The first-order chi connectivity index (χ1) is 13.4. The zero-order valence-corrected chi connectivity index (χ0v) is 15.3. The van der Waals surface area contributed by atoms with Gasteiger partial charge in [-0.15, -0.1) is 0 Å². The van der Waals surface area contributed by atoms with Crippen LogP contribution in [0.2, 0.25) is 0 Å². The standard InChI is InChI=1S/C16H20N6O6/c1-3-12(15(26)19-10(8-23)6-13(24)25)22-5-4-17-14(16(22)27)18-7-11-9(2)20-28-21-11/h4-5,8,10,12H,3,6-7H2,1-2H3,(H,17,18)(H,19,26)(H,24,25)/t10-,12-/m0/s1. The lowest BCUT2D eigenvalue weighted by molar-refractivity contribution is -0.139. The van der Waals surface area contributed by atoms with Crippen molar-refractivity contribution in [2.45, 2.75) is 45.3 Å². The Morgan fingerprint density at radius 2 is 2.14 bits per heavy atom. The van der Waals surface area contributed by atoms with Gasteiger partial charge < -0.3 is 20.5 Å². The summed E-state index contributed by atoms with van der Waals surface area (Å²) in [6.45, 7) is 3.53. The summed E-state index contributed by atoms with van der Waals surface area (Å²) in [7, 11) is 0. The number of aldehydes is 1. The van der Waals surface area contributed by atoms with Gasteiger partial charge in [0, 0.05) is 12.4 Å². The molecule has 2 heterocycles. The van der Waals surface area contributed by atoms with Crippen LogP contribution >= 0.6 is 0 Å². The van der Waals surface area contributed by atoms with Gasteiger partial charge in [-0.1, -0.05) is 17.2 Å². The number of aliphatic carboxylic acids is 1. The predicted molar refractivity (Wildman–Crippen MR) is 94.4 cm³/mol. The number of nitrogens with zero attached hydrogens (tertiary/aromatic N) is 4. The summed E-state index contributed by atoms with van der Waals surface area (Å²) in [6, 6.07) is -2.13. The second-order valence-corrected chi connectivity index (χ2v) is 5.91. The summed E-state index contributed by atoms with van der Waals surface area (Å²) >= 11 is 0. The topological polar surface area (TPSA) is 169 Å². The van der Waals surface area contributed by atoms with Crippen molar-refractivity contribution >= 4 is 24.0 Å². The van der Waals surface area contributed by atoms with E-state index in [4.69, 9.17) is 5.11 Å². The third-order valence-corrected chi connectivity index (χ3v) is 3.95. The maximum Gasteiger partial charge on any atom is 0.305 e. The van der Waals surface area contributed by atoms with Gasteiger partial charge in [-0.05, 0) is 13.3 Å². The SMILES string of the molecule is CC[C@@H](C(=O)N[C@H](C=O)CC(=O)O)n1ccnc(NCc2nonc2C)c1=O. The number of carboxylic acid groups (broad SMARTS) is 1. The molecule has 28 heavy (non-hydrogen) atoms. The fraction of sp³-hybridized carbons (Fsp3) is 0.438.